The highest BCUT2D eigenvalue weighted by Crippen LogP contribution is 2.25. The number of benzene rings is 1. The third-order valence-corrected chi connectivity index (χ3v) is 4.27. The van der Waals surface area contributed by atoms with Crippen LogP contribution in [0.5, 0.6) is 0 Å². The molecule has 0 aliphatic carbocycles. The Kier molecular flexibility index (Phi) is 3.41. The Morgan fingerprint density at radius 3 is 2.62 bits per heavy atom. The van der Waals surface area contributed by atoms with Crippen LogP contribution >= 0.6 is 0 Å². The van der Waals surface area contributed by atoms with Crippen molar-refractivity contribution in [3.63, 3.8) is 0 Å². The van der Waals surface area contributed by atoms with E-state index >= 15 is 0 Å². The number of aliphatic carboxylic acids is 1. The molecule has 1 aromatic carbocycles. The van der Waals surface area contributed by atoms with Crippen LogP contribution in [0, 0.1) is 5.92 Å². The smallest absolute Gasteiger partial charge is 0.306 e. The van der Waals surface area contributed by atoms with Gasteiger partial charge < -0.3 is 14.6 Å². The maximum absolute atomic E-state index is 12.0. The number of aryl methyl sites for hydroxylation is 1. The summed E-state index contributed by atoms with van der Waals surface area (Å²) in [5.41, 5.74) is 1.06. The molecule has 1 N–H and O–H groups in total. The van der Waals surface area contributed by atoms with Crippen molar-refractivity contribution in [2.45, 2.75) is 12.8 Å². The van der Waals surface area contributed by atoms with Crippen molar-refractivity contribution in [1.82, 2.24) is 4.57 Å². The zero-order chi connectivity index (χ0) is 15.0. The Bertz CT molecular complexity index is 743. The quantitative estimate of drug-likeness (QED) is 0.915. The highest BCUT2D eigenvalue weighted by Gasteiger charge is 2.24. The van der Waals surface area contributed by atoms with Crippen LogP contribution in [0.2, 0.25) is 0 Å². The summed E-state index contributed by atoms with van der Waals surface area (Å²) in [4.78, 5) is 25.2. The summed E-state index contributed by atoms with van der Waals surface area (Å²) in [6.07, 6.45) is 3.11. The number of aromatic nitrogens is 1. The molecular formula is C16H18N2O3. The second-order valence-electron chi connectivity index (χ2n) is 5.60. The van der Waals surface area contributed by atoms with Crippen molar-refractivity contribution < 1.29 is 9.90 Å². The summed E-state index contributed by atoms with van der Waals surface area (Å²) in [7, 11) is 1.74. The van der Waals surface area contributed by atoms with Crippen LogP contribution in [0.1, 0.15) is 12.8 Å². The Morgan fingerprint density at radius 1 is 1.24 bits per heavy atom. The molecule has 2 heterocycles. The Morgan fingerprint density at radius 2 is 1.95 bits per heavy atom. The molecule has 0 unspecified atom stereocenters. The molecule has 1 aromatic heterocycles. The van der Waals surface area contributed by atoms with Crippen LogP contribution in [-0.4, -0.2) is 28.7 Å². The molecule has 0 bridgehead atoms. The van der Waals surface area contributed by atoms with E-state index in [-0.39, 0.29) is 11.5 Å². The van der Waals surface area contributed by atoms with E-state index in [2.05, 4.69) is 4.90 Å². The molecule has 0 saturated carbocycles. The maximum Gasteiger partial charge on any atom is 0.306 e. The van der Waals surface area contributed by atoms with Gasteiger partial charge in [0.05, 0.1) is 5.92 Å². The Labute approximate surface area is 122 Å². The third kappa shape index (κ3) is 2.51. The molecule has 0 radical (unpaired) electrons. The number of nitrogens with zero attached hydrogens (tertiary/aromatic N) is 2. The summed E-state index contributed by atoms with van der Waals surface area (Å²) in [5, 5.41) is 10.7. The van der Waals surface area contributed by atoms with Gasteiger partial charge in [-0.25, -0.2) is 0 Å². The number of pyridine rings is 1. The van der Waals surface area contributed by atoms with Gasteiger partial charge in [0.2, 0.25) is 0 Å². The second-order valence-corrected chi connectivity index (χ2v) is 5.60. The van der Waals surface area contributed by atoms with E-state index in [9.17, 15) is 9.59 Å². The first-order valence-electron chi connectivity index (χ1n) is 7.13. The number of carboxylic acids is 1. The van der Waals surface area contributed by atoms with Crippen molar-refractivity contribution in [2.24, 2.45) is 13.0 Å². The van der Waals surface area contributed by atoms with Gasteiger partial charge in [0.1, 0.15) is 0 Å². The number of hydrogen-bond donors (Lipinski definition) is 1. The molecule has 5 heteroatoms. The predicted octanol–water partition coefficient (Wildman–Crippen LogP) is 1.84. The highest BCUT2D eigenvalue weighted by molar-refractivity contribution is 5.85. The maximum atomic E-state index is 12.0. The average Bonchev–Trinajstić information content (AvgIpc) is 2.51. The van der Waals surface area contributed by atoms with Gasteiger partial charge in [0.15, 0.2) is 0 Å². The Hall–Kier alpha value is -2.30. The lowest BCUT2D eigenvalue weighted by Gasteiger charge is -2.32. The molecule has 110 valence electrons. The number of carboxylic acid groups (broad SMARTS) is 1. The average molecular weight is 286 g/mol. The van der Waals surface area contributed by atoms with Crippen LogP contribution in [0.25, 0.3) is 10.8 Å². The molecule has 0 atom stereocenters. The summed E-state index contributed by atoms with van der Waals surface area (Å²) in [6, 6.07) is 7.75. The molecule has 21 heavy (non-hydrogen) atoms. The molecule has 1 fully saturated rings. The minimum atomic E-state index is -0.698. The number of anilines is 1. The van der Waals surface area contributed by atoms with E-state index in [1.807, 2.05) is 24.3 Å². The van der Waals surface area contributed by atoms with Gasteiger partial charge in [-0.05, 0) is 42.5 Å². The van der Waals surface area contributed by atoms with Crippen molar-refractivity contribution in [3.8, 4) is 0 Å². The van der Waals surface area contributed by atoms with Gasteiger partial charge in [0.25, 0.3) is 5.56 Å². The summed E-state index contributed by atoms with van der Waals surface area (Å²) < 4.78 is 1.57. The SMILES string of the molecule is Cn1ccc2cc(N3CCC(C(=O)O)CC3)ccc2c1=O. The zero-order valence-corrected chi connectivity index (χ0v) is 12.0. The van der Waals surface area contributed by atoms with Gasteiger partial charge in [0, 0.05) is 37.4 Å². The van der Waals surface area contributed by atoms with Gasteiger partial charge in [-0.1, -0.05) is 0 Å². The lowest BCUT2D eigenvalue weighted by molar-refractivity contribution is -0.142. The molecule has 1 aliphatic heterocycles. The lowest BCUT2D eigenvalue weighted by atomic mass is 9.96. The number of piperidine rings is 1. The minimum absolute atomic E-state index is 0.00337. The predicted molar refractivity (Wildman–Crippen MR) is 81.8 cm³/mol. The molecule has 2 aromatic rings. The number of hydrogen-bond acceptors (Lipinski definition) is 3. The second kappa shape index (κ2) is 5.24. The van der Waals surface area contributed by atoms with Crippen LogP contribution in [0.4, 0.5) is 5.69 Å². The first-order valence-corrected chi connectivity index (χ1v) is 7.13. The number of rotatable bonds is 2. The van der Waals surface area contributed by atoms with E-state index in [1.54, 1.807) is 17.8 Å². The van der Waals surface area contributed by atoms with E-state index in [4.69, 9.17) is 5.11 Å². The summed E-state index contributed by atoms with van der Waals surface area (Å²) in [5.74, 6) is -0.925. The monoisotopic (exact) mass is 286 g/mol. The highest BCUT2D eigenvalue weighted by atomic mass is 16.4. The standard InChI is InChI=1S/C16H18N2O3/c1-17-7-4-12-10-13(2-3-14(12)15(17)19)18-8-5-11(6-9-18)16(20)21/h2-4,7,10-11H,5-6,8-9H2,1H3,(H,20,21). The molecule has 0 spiro atoms. The van der Waals surface area contributed by atoms with Gasteiger partial charge in [-0.15, -0.1) is 0 Å². The fourth-order valence-electron chi connectivity index (χ4n) is 2.91. The largest absolute Gasteiger partial charge is 0.481 e. The van der Waals surface area contributed by atoms with E-state index < -0.39 is 5.97 Å². The normalized spacial score (nSPS) is 16.3. The number of fused-ring (bicyclic) bond motifs is 1. The molecule has 3 rings (SSSR count). The fourth-order valence-corrected chi connectivity index (χ4v) is 2.91. The van der Waals surface area contributed by atoms with Gasteiger partial charge >= 0.3 is 5.97 Å². The van der Waals surface area contributed by atoms with Crippen molar-refractivity contribution in [2.75, 3.05) is 18.0 Å². The summed E-state index contributed by atoms with van der Waals surface area (Å²) in [6.45, 7) is 1.49. The van der Waals surface area contributed by atoms with E-state index in [1.165, 1.54) is 0 Å². The molecule has 5 nitrogen and oxygen atoms in total. The first kappa shape index (κ1) is 13.7. The van der Waals surface area contributed by atoms with Crippen LogP contribution in [0.15, 0.2) is 35.3 Å². The minimum Gasteiger partial charge on any atom is -0.481 e. The fraction of sp³-hybridized carbons (Fsp3) is 0.375. The van der Waals surface area contributed by atoms with Gasteiger partial charge in [-0.2, -0.15) is 0 Å². The molecular weight excluding hydrogens is 268 g/mol. The van der Waals surface area contributed by atoms with E-state index in [0.717, 1.165) is 24.2 Å². The lowest BCUT2D eigenvalue weighted by Crippen LogP contribution is -2.36. The van der Waals surface area contributed by atoms with Crippen LogP contribution in [-0.2, 0) is 11.8 Å². The molecule has 0 amide bonds. The first-order chi connectivity index (χ1) is 10.1. The third-order valence-electron chi connectivity index (χ3n) is 4.27. The molecule has 1 saturated heterocycles. The van der Waals surface area contributed by atoms with Crippen molar-refractivity contribution in [3.05, 3.63) is 40.8 Å². The topological polar surface area (TPSA) is 62.5 Å². The van der Waals surface area contributed by atoms with Crippen LogP contribution in [0.3, 0.4) is 0 Å². The zero-order valence-electron chi connectivity index (χ0n) is 12.0. The molecule has 1 aliphatic rings. The number of carbonyl (C=O) groups is 1. The Balaban J connectivity index is 1.87. The van der Waals surface area contributed by atoms with E-state index in [0.29, 0.717) is 18.2 Å². The van der Waals surface area contributed by atoms with Gasteiger partial charge in [-0.3, -0.25) is 9.59 Å². The van der Waals surface area contributed by atoms with Crippen molar-refractivity contribution in [1.29, 1.82) is 0 Å². The van der Waals surface area contributed by atoms with Crippen molar-refractivity contribution >= 4 is 22.4 Å². The summed E-state index contributed by atoms with van der Waals surface area (Å²) >= 11 is 0. The van der Waals surface area contributed by atoms with Crippen LogP contribution < -0.4 is 10.5 Å².